The van der Waals surface area contributed by atoms with Gasteiger partial charge < -0.3 is 15.2 Å². The zero-order chi connectivity index (χ0) is 15.7. The van der Waals surface area contributed by atoms with Gasteiger partial charge in [-0.1, -0.05) is 0 Å². The molecule has 0 radical (unpaired) electrons. The first kappa shape index (κ1) is 15.3. The standard InChI is InChI=1S/C17H24N4S/c1-4-18-17(22)21-7-5-6-13(10-21)16-19-14-8-11(2)12(3)9-15(14)20-16/h8-9,13H,4-7,10H2,1-3H3,(H,18,22)(H,19,20). The Morgan fingerprint density at radius 1 is 1.41 bits per heavy atom. The van der Waals surface area contributed by atoms with E-state index in [2.05, 4.69) is 48.1 Å². The first-order valence-electron chi connectivity index (χ1n) is 8.08. The fraction of sp³-hybridized carbons (Fsp3) is 0.529. The molecule has 0 spiro atoms. The van der Waals surface area contributed by atoms with Crippen molar-refractivity contribution in [2.45, 2.75) is 39.5 Å². The van der Waals surface area contributed by atoms with Crippen LogP contribution in [0.25, 0.3) is 11.0 Å². The summed E-state index contributed by atoms with van der Waals surface area (Å²) in [4.78, 5) is 10.6. The van der Waals surface area contributed by atoms with Gasteiger partial charge in [-0.25, -0.2) is 4.98 Å². The van der Waals surface area contributed by atoms with E-state index in [1.165, 1.54) is 17.5 Å². The van der Waals surface area contributed by atoms with Crippen molar-refractivity contribution in [2.24, 2.45) is 0 Å². The van der Waals surface area contributed by atoms with Crippen molar-refractivity contribution in [1.29, 1.82) is 0 Å². The second-order valence-corrected chi connectivity index (χ2v) is 6.58. The molecule has 0 saturated carbocycles. The second-order valence-electron chi connectivity index (χ2n) is 6.20. The number of nitrogens with zero attached hydrogens (tertiary/aromatic N) is 2. The van der Waals surface area contributed by atoms with Gasteiger partial charge in [0.25, 0.3) is 0 Å². The Morgan fingerprint density at radius 3 is 2.95 bits per heavy atom. The monoisotopic (exact) mass is 316 g/mol. The van der Waals surface area contributed by atoms with Gasteiger partial charge >= 0.3 is 0 Å². The number of hydrogen-bond donors (Lipinski definition) is 2. The molecule has 2 heterocycles. The van der Waals surface area contributed by atoms with Crippen molar-refractivity contribution in [3.05, 3.63) is 29.1 Å². The third kappa shape index (κ3) is 2.95. The summed E-state index contributed by atoms with van der Waals surface area (Å²) in [5.74, 6) is 1.53. The Kier molecular flexibility index (Phi) is 4.34. The summed E-state index contributed by atoms with van der Waals surface area (Å²) in [7, 11) is 0. The van der Waals surface area contributed by atoms with Crippen molar-refractivity contribution < 1.29 is 0 Å². The highest BCUT2D eigenvalue weighted by Gasteiger charge is 2.25. The Hall–Kier alpha value is -1.62. The zero-order valence-electron chi connectivity index (χ0n) is 13.6. The SMILES string of the molecule is CCNC(=S)N1CCCC(c2nc3cc(C)c(C)cc3[nH]2)C1. The quantitative estimate of drug-likeness (QED) is 0.835. The predicted octanol–water partition coefficient (Wildman–Crippen LogP) is 3.25. The number of piperidine rings is 1. The number of H-pyrrole nitrogens is 1. The predicted molar refractivity (Wildman–Crippen MR) is 95.4 cm³/mol. The molecule has 22 heavy (non-hydrogen) atoms. The van der Waals surface area contributed by atoms with Gasteiger partial charge in [0.05, 0.1) is 11.0 Å². The first-order valence-corrected chi connectivity index (χ1v) is 8.49. The van der Waals surface area contributed by atoms with E-state index in [1.807, 2.05) is 0 Å². The number of imidazole rings is 1. The number of aromatic nitrogens is 2. The minimum absolute atomic E-state index is 0.429. The molecule has 2 N–H and O–H groups in total. The average molecular weight is 316 g/mol. The van der Waals surface area contributed by atoms with E-state index in [0.29, 0.717) is 5.92 Å². The summed E-state index contributed by atoms with van der Waals surface area (Å²) in [6.45, 7) is 9.23. The number of benzene rings is 1. The van der Waals surface area contributed by atoms with Crippen LogP contribution in [-0.4, -0.2) is 39.6 Å². The number of fused-ring (bicyclic) bond motifs is 1. The first-order chi connectivity index (χ1) is 10.6. The van der Waals surface area contributed by atoms with Crippen LogP contribution in [-0.2, 0) is 0 Å². The molecule has 3 rings (SSSR count). The molecular formula is C17H24N4S. The van der Waals surface area contributed by atoms with E-state index in [0.717, 1.165) is 48.0 Å². The van der Waals surface area contributed by atoms with Crippen LogP contribution in [0, 0.1) is 13.8 Å². The van der Waals surface area contributed by atoms with Crippen LogP contribution < -0.4 is 5.32 Å². The van der Waals surface area contributed by atoms with E-state index < -0.39 is 0 Å². The van der Waals surface area contributed by atoms with Gasteiger partial charge in [0.2, 0.25) is 0 Å². The van der Waals surface area contributed by atoms with Gasteiger partial charge in [-0.05, 0) is 69.1 Å². The molecule has 4 nitrogen and oxygen atoms in total. The fourth-order valence-corrected chi connectivity index (χ4v) is 3.44. The van der Waals surface area contributed by atoms with Crippen LogP contribution in [0.5, 0.6) is 0 Å². The lowest BCUT2D eigenvalue weighted by Crippen LogP contribution is -2.44. The van der Waals surface area contributed by atoms with Crippen molar-refractivity contribution in [1.82, 2.24) is 20.2 Å². The number of rotatable bonds is 2. The topological polar surface area (TPSA) is 44.0 Å². The number of nitrogens with one attached hydrogen (secondary N) is 2. The van der Waals surface area contributed by atoms with E-state index in [4.69, 9.17) is 17.2 Å². The van der Waals surface area contributed by atoms with E-state index in [1.54, 1.807) is 0 Å². The van der Waals surface area contributed by atoms with Gasteiger partial charge in [-0.3, -0.25) is 0 Å². The summed E-state index contributed by atoms with van der Waals surface area (Å²) < 4.78 is 0. The number of thiocarbonyl (C=S) groups is 1. The third-order valence-corrected chi connectivity index (χ3v) is 4.94. The number of likely N-dealkylation sites (tertiary alicyclic amines) is 1. The number of hydrogen-bond acceptors (Lipinski definition) is 2. The number of aryl methyl sites for hydroxylation is 2. The van der Waals surface area contributed by atoms with Gasteiger partial charge in [-0.2, -0.15) is 0 Å². The molecule has 1 aromatic heterocycles. The molecule has 0 amide bonds. The molecule has 0 bridgehead atoms. The zero-order valence-corrected chi connectivity index (χ0v) is 14.4. The van der Waals surface area contributed by atoms with Crippen molar-refractivity contribution >= 4 is 28.4 Å². The lowest BCUT2D eigenvalue weighted by Gasteiger charge is -2.33. The van der Waals surface area contributed by atoms with Gasteiger partial charge in [0, 0.05) is 25.6 Å². The highest BCUT2D eigenvalue weighted by molar-refractivity contribution is 7.80. The minimum atomic E-state index is 0.429. The molecule has 0 aliphatic carbocycles. The third-order valence-electron chi connectivity index (χ3n) is 4.54. The summed E-state index contributed by atoms with van der Waals surface area (Å²) in [6, 6.07) is 4.37. The van der Waals surface area contributed by atoms with Crippen LogP contribution in [0.1, 0.15) is 42.6 Å². The molecule has 1 aliphatic heterocycles. The maximum Gasteiger partial charge on any atom is 0.168 e. The van der Waals surface area contributed by atoms with Crippen molar-refractivity contribution in [3.63, 3.8) is 0 Å². The Morgan fingerprint density at radius 2 is 2.18 bits per heavy atom. The average Bonchev–Trinajstić information content (AvgIpc) is 2.91. The maximum absolute atomic E-state index is 5.46. The molecular weight excluding hydrogens is 292 g/mol. The molecule has 1 unspecified atom stereocenters. The molecule has 1 fully saturated rings. The molecule has 1 aromatic carbocycles. The van der Waals surface area contributed by atoms with Crippen LogP contribution in [0.2, 0.25) is 0 Å². The van der Waals surface area contributed by atoms with Crippen LogP contribution in [0.4, 0.5) is 0 Å². The lowest BCUT2D eigenvalue weighted by molar-refractivity contribution is 0.300. The highest BCUT2D eigenvalue weighted by atomic mass is 32.1. The van der Waals surface area contributed by atoms with Crippen LogP contribution in [0.3, 0.4) is 0 Å². The summed E-state index contributed by atoms with van der Waals surface area (Å²) in [6.07, 6.45) is 2.33. The normalized spacial score (nSPS) is 18.7. The second kappa shape index (κ2) is 6.24. The van der Waals surface area contributed by atoms with E-state index in [9.17, 15) is 0 Å². The van der Waals surface area contributed by atoms with E-state index in [-0.39, 0.29) is 0 Å². The fourth-order valence-electron chi connectivity index (χ4n) is 3.13. The maximum atomic E-state index is 5.46. The molecule has 5 heteroatoms. The van der Waals surface area contributed by atoms with Crippen molar-refractivity contribution in [3.8, 4) is 0 Å². The summed E-state index contributed by atoms with van der Waals surface area (Å²) in [5, 5.41) is 4.13. The van der Waals surface area contributed by atoms with Gasteiger partial charge in [0.1, 0.15) is 5.82 Å². The van der Waals surface area contributed by atoms with Crippen molar-refractivity contribution in [2.75, 3.05) is 19.6 Å². The Labute approximate surface area is 137 Å². The molecule has 1 atom stereocenters. The van der Waals surface area contributed by atoms with E-state index >= 15 is 0 Å². The molecule has 118 valence electrons. The van der Waals surface area contributed by atoms with Gasteiger partial charge in [0.15, 0.2) is 5.11 Å². The molecule has 2 aromatic rings. The molecule has 1 saturated heterocycles. The highest BCUT2D eigenvalue weighted by Crippen LogP contribution is 2.27. The lowest BCUT2D eigenvalue weighted by atomic mass is 9.98. The summed E-state index contributed by atoms with van der Waals surface area (Å²) in [5.41, 5.74) is 4.82. The largest absolute Gasteiger partial charge is 0.363 e. The smallest absolute Gasteiger partial charge is 0.168 e. The molecule has 1 aliphatic rings. The minimum Gasteiger partial charge on any atom is -0.363 e. The Bertz CT molecular complexity index is 652. The Balaban J connectivity index is 1.82. The number of aromatic amines is 1. The van der Waals surface area contributed by atoms with Crippen LogP contribution in [0.15, 0.2) is 12.1 Å². The summed E-state index contributed by atoms with van der Waals surface area (Å²) >= 11 is 5.46. The van der Waals surface area contributed by atoms with Crippen LogP contribution >= 0.6 is 12.2 Å². The van der Waals surface area contributed by atoms with Gasteiger partial charge in [-0.15, -0.1) is 0 Å².